The average molecular weight is 238 g/mol. The van der Waals surface area contributed by atoms with Gasteiger partial charge in [0.2, 0.25) is 0 Å². The van der Waals surface area contributed by atoms with Crippen molar-refractivity contribution < 1.29 is 14.6 Å². The van der Waals surface area contributed by atoms with Crippen LogP contribution < -0.4 is 10.1 Å². The van der Waals surface area contributed by atoms with Gasteiger partial charge in [-0.3, -0.25) is 9.78 Å². The average Bonchev–Trinajstić information content (AvgIpc) is 2.35. The quantitative estimate of drug-likeness (QED) is 0.797. The Morgan fingerprint density at radius 3 is 2.82 bits per heavy atom. The first-order valence-electron chi connectivity index (χ1n) is 5.49. The summed E-state index contributed by atoms with van der Waals surface area (Å²) in [6, 6.07) is 1.32. The summed E-state index contributed by atoms with van der Waals surface area (Å²) < 4.78 is 5.06. The van der Waals surface area contributed by atoms with Crippen molar-refractivity contribution in [2.45, 2.75) is 19.9 Å². The molecule has 0 aliphatic carbocycles. The Balaban J connectivity index is 2.82. The van der Waals surface area contributed by atoms with E-state index < -0.39 is 0 Å². The van der Waals surface area contributed by atoms with Crippen LogP contribution in [0.15, 0.2) is 18.5 Å². The summed E-state index contributed by atoms with van der Waals surface area (Å²) in [6.45, 7) is 3.78. The number of amides is 1. The maximum absolute atomic E-state index is 12.0. The monoisotopic (exact) mass is 238 g/mol. The minimum absolute atomic E-state index is 0.0865. The predicted molar refractivity (Wildman–Crippen MR) is 64.0 cm³/mol. The van der Waals surface area contributed by atoms with Gasteiger partial charge in [0.05, 0.1) is 31.5 Å². The molecule has 0 fully saturated rings. The van der Waals surface area contributed by atoms with Crippen molar-refractivity contribution in [3.05, 3.63) is 24.0 Å². The third-order valence-electron chi connectivity index (χ3n) is 2.57. The van der Waals surface area contributed by atoms with Gasteiger partial charge < -0.3 is 15.2 Å². The first kappa shape index (κ1) is 13.4. The van der Waals surface area contributed by atoms with Crippen LogP contribution in [0.2, 0.25) is 0 Å². The maximum atomic E-state index is 12.0. The molecule has 1 atom stereocenters. The number of hydrogen-bond acceptors (Lipinski definition) is 4. The molecular weight excluding hydrogens is 220 g/mol. The lowest BCUT2D eigenvalue weighted by Crippen LogP contribution is -2.41. The number of aliphatic hydroxyl groups is 1. The number of aliphatic hydroxyl groups excluding tert-OH is 1. The van der Waals surface area contributed by atoms with E-state index in [0.717, 1.165) is 0 Å². The van der Waals surface area contributed by atoms with E-state index in [0.29, 0.717) is 11.3 Å². The second-order valence-corrected chi connectivity index (χ2v) is 4.08. The van der Waals surface area contributed by atoms with Crippen LogP contribution in [-0.2, 0) is 0 Å². The molecule has 0 aliphatic rings. The number of pyridine rings is 1. The SMILES string of the molecule is COc1cnccc1C(=O)N[C@H](CO)C(C)C. The van der Waals surface area contributed by atoms with E-state index >= 15 is 0 Å². The highest BCUT2D eigenvalue weighted by atomic mass is 16.5. The number of hydrogen-bond donors (Lipinski definition) is 2. The van der Waals surface area contributed by atoms with Crippen molar-refractivity contribution in [2.75, 3.05) is 13.7 Å². The second-order valence-electron chi connectivity index (χ2n) is 4.08. The van der Waals surface area contributed by atoms with Crippen molar-refractivity contribution in [2.24, 2.45) is 5.92 Å². The van der Waals surface area contributed by atoms with Crippen molar-refractivity contribution in [3.63, 3.8) is 0 Å². The molecule has 5 heteroatoms. The molecule has 5 nitrogen and oxygen atoms in total. The fraction of sp³-hybridized carbons (Fsp3) is 0.500. The number of aromatic nitrogens is 1. The molecular formula is C12H18N2O3. The van der Waals surface area contributed by atoms with Gasteiger partial charge >= 0.3 is 0 Å². The minimum atomic E-state index is -0.267. The maximum Gasteiger partial charge on any atom is 0.255 e. The van der Waals surface area contributed by atoms with Gasteiger partial charge in [0.1, 0.15) is 5.75 Å². The van der Waals surface area contributed by atoms with Crippen LogP contribution in [0.3, 0.4) is 0 Å². The first-order chi connectivity index (χ1) is 8.10. The van der Waals surface area contributed by atoms with Gasteiger partial charge in [-0.25, -0.2) is 0 Å². The van der Waals surface area contributed by atoms with E-state index in [4.69, 9.17) is 9.84 Å². The normalized spacial score (nSPS) is 12.3. The smallest absolute Gasteiger partial charge is 0.255 e. The van der Waals surface area contributed by atoms with Crippen LogP contribution in [0, 0.1) is 5.92 Å². The Labute approximate surface area is 101 Å². The van der Waals surface area contributed by atoms with Crippen molar-refractivity contribution in [1.29, 1.82) is 0 Å². The standard InChI is InChI=1S/C12H18N2O3/c1-8(2)10(7-15)14-12(16)9-4-5-13-6-11(9)17-3/h4-6,8,10,15H,7H2,1-3H3,(H,14,16)/t10-/m1/s1. The summed E-state index contributed by atoms with van der Waals surface area (Å²) in [7, 11) is 1.49. The van der Waals surface area contributed by atoms with Gasteiger partial charge in [-0.1, -0.05) is 13.8 Å². The van der Waals surface area contributed by atoms with E-state index in [1.54, 1.807) is 6.07 Å². The molecule has 1 aromatic heterocycles. The van der Waals surface area contributed by atoms with E-state index in [9.17, 15) is 4.79 Å². The fourth-order valence-electron chi connectivity index (χ4n) is 1.40. The lowest BCUT2D eigenvalue weighted by Gasteiger charge is -2.20. The highest BCUT2D eigenvalue weighted by molar-refractivity contribution is 5.96. The Bertz CT molecular complexity index is 380. The molecule has 0 aromatic carbocycles. The Hall–Kier alpha value is -1.62. The zero-order chi connectivity index (χ0) is 12.8. The summed E-state index contributed by atoms with van der Waals surface area (Å²) in [4.78, 5) is 15.8. The van der Waals surface area contributed by atoms with Gasteiger partial charge in [-0.15, -0.1) is 0 Å². The number of rotatable bonds is 5. The molecule has 1 aromatic rings. The molecule has 17 heavy (non-hydrogen) atoms. The molecule has 0 spiro atoms. The summed E-state index contributed by atoms with van der Waals surface area (Å²) in [5, 5.41) is 11.9. The lowest BCUT2D eigenvalue weighted by atomic mass is 10.0. The van der Waals surface area contributed by atoms with Crippen LogP contribution in [0.4, 0.5) is 0 Å². The number of carbonyl (C=O) groups excluding carboxylic acids is 1. The second kappa shape index (κ2) is 6.20. The molecule has 0 unspecified atom stereocenters. The summed E-state index contributed by atoms with van der Waals surface area (Å²) in [5.41, 5.74) is 0.418. The molecule has 0 radical (unpaired) electrons. The molecule has 94 valence electrons. The Kier molecular flexibility index (Phi) is 4.90. The highest BCUT2D eigenvalue weighted by Gasteiger charge is 2.18. The summed E-state index contributed by atoms with van der Waals surface area (Å²) in [5.74, 6) is 0.319. The molecule has 0 aliphatic heterocycles. The predicted octanol–water partition coefficient (Wildman–Crippen LogP) is 0.837. The van der Waals surface area contributed by atoms with E-state index in [1.165, 1.54) is 19.5 Å². The van der Waals surface area contributed by atoms with Gasteiger partial charge in [-0.05, 0) is 12.0 Å². The Morgan fingerprint density at radius 1 is 1.59 bits per heavy atom. The van der Waals surface area contributed by atoms with Crippen molar-refractivity contribution >= 4 is 5.91 Å². The third kappa shape index (κ3) is 3.42. The number of nitrogens with one attached hydrogen (secondary N) is 1. The highest BCUT2D eigenvalue weighted by Crippen LogP contribution is 2.16. The summed E-state index contributed by atoms with van der Waals surface area (Å²) in [6.07, 6.45) is 3.01. The molecule has 0 saturated heterocycles. The van der Waals surface area contributed by atoms with Crippen LogP contribution in [-0.4, -0.2) is 35.8 Å². The molecule has 1 rings (SSSR count). The number of nitrogens with zero attached hydrogens (tertiary/aromatic N) is 1. The van der Waals surface area contributed by atoms with Crippen LogP contribution >= 0.6 is 0 Å². The Morgan fingerprint density at radius 2 is 2.29 bits per heavy atom. The van der Waals surface area contributed by atoms with E-state index in [2.05, 4.69) is 10.3 Å². The molecule has 0 bridgehead atoms. The van der Waals surface area contributed by atoms with E-state index in [-0.39, 0.29) is 24.5 Å². The van der Waals surface area contributed by atoms with Crippen LogP contribution in [0.1, 0.15) is 24.2 Å². The number of carbonyl (C=O) groups is 1. The van der Waals surface area contributed by atoms with Gasteiger partial charge in [0.15, 0.2) is 0 Å². The number of ether oxygens (including phenoxy) is 1. The van der Waals surface area contributed by atoms with Gasteiger partial charge in [-0.2, -0.15) is 0 Å². The lowest BCUT2D eigenvalue weighted by molar-refractivity contribution is 0.0893. The van der Waals surface area contributed by atoms with Crippen LogP contribution in [0.5, 0.6) is 5.75 Å². The van der Waals surface area contributed by atoms with Crippen molar-refractivity contribution in [3.8, 4) is 5.75 Å². The van der Waals surface area contributed by atoms with Gasteiger partial charge in [0, 0.05) is 6.20 Å². The minimum Gasteiger partial charge on any atom is -0.494 e. The number of methoxy groups -OCH3 is 1. The van der Waals surface area contributed by atoms with Crippen LogP contribution in [0.25, 0.3) is 0 Å². The fourth-order valence-corrected chi connectivity index (χ4v) is 1.40. The molecule has 1 heterocycles. The van der Waals surface area contributed by atoms with E-state index in [1.807, 2.05) is 13.8 Å². The molecule has 1 amide bonds. The zero-order valence-electron chi connectivity index (χ0n) is 10.3. The largest absolute Gasteiger partial charge is 0.494 e. The summed E-state index contributed by atoms with van der Waals surface area (Å²) >= 11 is 0. The topological polar surface area (TPSA) is 71.5 Å². The molecule has 2 N–H and O–H groups in total. The third-order valence-corrected chi connectivity index (χ3v) is 2.57. The van der Waals surface area contributed by atoms with Gasteiger partial charge in [0.25, 0.3) is 5.91 Å². The first-order valence-corrected chi connectivity index (χ1v) is 5.49. The van der Waals surface area contributed by atoms with Crippen molar-refractivity contribution in [1.82, 2.24) is 10.3 Å². The molecule has 0 saturated carbocycles. The zero-order valence-corrected chi connectivity index (χ0v) is 10.3.